The van der Waals surface area contributed by atoms with Gasteiger partial charge in [-0.05, 0) is 36.2 Å². The Hall–Kier alpha value is -2.25. The van der Waals surface area contributed by atoms with Crippen LogP contribution in [0.2, 0.25) is 0 Å². The molecule has 0 radical (unpaired) electrons. The van der Waals surface area contributed by atoms with Crippen molar-refractivity contribution in [1.29, 1.82) is 0 Å². The second-order valence-electron chi connectivity index (χ2n) is 5.62. The largest absolute Gasteiger partial charge is 0.494 e. The van der Waals surface area contributed by atoms with Crippen molar-refractivity contribution < 1.29 is 9.53 Å². The Labute approximate surface area is 164 Å². The lowest BCUT2D eigenvalue weighted by Gasteiger charge is -2.04. The normalized spacial score (nSPS) is 10.5. The van der Waals surface area contributed by atoms with Crippen LogP contribution in [0.4, 0.5) is 5.13 Å². The van der Waals surface area contributed by atoms with Crippen LogP contribution in [0.1, 0.15) is 17.0 Å². The minimum absolute atomic E-state index is 0.0950. The van der Waals surface area contributed by atoms with Gasteiger partial charge in [0.05, 0.1) is 13.0 Å². The Morgan fingerprint density at radius 1 is 1.08 bits per heavy atom. The van der Waals surface area contributed by atoms with Gasteiger partial charge in [-0.1, -0.05) is 57.6 Å². The van der Waals surface area contributed by atoms with Crippen LogP contribution in [0.25, 0.3) is 0 Å². The molecular formula is C19H18BrN3O2S. The molecule has 1 heterocycles. The van der Waals surface area contributed by atoms with Crippen molar-refractivity contribution >= 4 is 38.3 Å². The van der Waals surface area contributed by atoms with E-state index in [0.29, 0.717) is 18.2 Å². The summed E-state index contributed by atoms with van der Waals surface area (Å²) in [7, 11) is 0. The fourth-order valence-corrected chi connectivity index (χ4v) is 3.35. The zero-order valence-electron chi connectivity index (χ0n) is 14.0. The van der Waals surface area contributed by atoms with Gasteiger partial charge in [-0.3, -0.25) is 4.79 Å². The number of hydrogen-bond donors (Lipinski definition) is 1. The molecule has 3 rings (SSSR count). The van der Waals surface area contributed by atoms with Crippen molar-refractivity contribution in [1.82, 2.24) is 10.2 Å². The van der Waals surface area contributed by atoms with Crippen LogP contribution in [-0.4, -0.2) is 22.7 Å². The number of benzene rings is 2. The maximum atomic E-state index is 12.1. The van der Waals surface area contributed by atoms with Crippen molar-refractivity contribution in [2.45, 2.75) is 19.3 Å². The summed E-state index contributed by atoms with van der Waals surface area (Å²) in [5, 5.41) is 12.4. The predicted molar refractivity (Wildman–Crippen MR) is 107 cm³/mol. The molecule has 1 aromatic heterocycles. The highest BCUT2D eigenvalue weighted by atomic mass is 79.9. The summed E-state index contributed by atoms with van der Waals surface area (Å²) in [5.74, 6) is 0.771. The van der Waals surface area contributed by atoms with E-state index in [2.05, 4.69) is 31.4 Å². The van der Waals surface area contributed by atoms with Gasteiger partial charge in [-0.25, -0.2) is 0 Å². The number of aryl methyl sites for hydroxylation is 1. The molecule has 134 valence electrons. The fraction of sp³-hybridized carbons (Fsp3) is 0.211. The molecule has 0 atom stereocenters. The highest BCUT2D eigenvalue weighted by molar-refractivity contribution is 9.10. The van der Waals surface area contributed by atoms with E-state index in [1.807, 2.05) is 54.6 Å². The number of aromatic nitrogens is 2. The summed E-state index contributed by atoms with van der Waals surface area (Å²) in [6.45, 7) is 0.620. The summed E-state index contributed by atoms with van der Waals surface area (Å²) < 4.78 is 6.65. The Morgan fingerprint density at radius 3 is 2.62 bits per heavy atom. The SMILES string of the molecule is O=C(Cc1ccc(Br)cc1)Nc1nnc(CCCOc2ccccc2)s1. The summed E-state index contributed by atoms with van der Waals surface area (Å²) >= 11 is 4.78. The molecule has 3 aromatic rings. The van der Waals surface area contributed by atoms with E-state index in [1.165, 1.54) is 11.3 Å². The number of para-hydroxylation sites is 1. The highest BCUT2D eigenvalue weighted by Crippen LogP contribution is 2.18. The molecule has 0 aliphatic heterocycles. The van der Waals surface area contributed by atoms with E-state index in [4.69, 9.17) is 4.74 Å². The Bertz CT molecular complexity index is 838. The van der Waals surface area contributed by atoms with Gasteiger partial charge < -0.3 is 10.1 Å². The number of carbonyl (C=O) groups excluding carboxylic acids is 1. The van der Waals surface area contributed by atoms with Gasteiger partial charge in [0.15, 0.2) is 0 Å². The van der Waals surface area contributed by atoms with E-state index < -0.39 is 0 Å². The monoisotopic (exact) mass is 431 g/mol. The number of hydrogen-bond acceptors (Lipinski definition) is 5. The lowest BCUT2D eigenvalue weighted by atomic mass is 10.1. The minimum atomic E-state index is -0.0950. The van der Waals surface area contributed by atoms with E-state index in [0.717, 1.165) is 33.6 Å². The molecular weight excluding hydrogens is 414 g/mol. The van der Waals surface area contributed by atoms with Crippen molar-refractivity contribution in [3.8, 4) is 5.75 Å². The van der Waals surface area contributed by atoms with Crippen molar-refractivity contribution in [3.63, 3.8) is 0 Å². The van der Waals surface area contributed by atoms with Crippen LogP contribution in [0.5, 0.6) is 5.75 Å². The number of halogens is 1. The average Bonchev–Trinajstić information content (AvgIpc) is 3.09. The summed E-state index contributed by atoms with van der Waals surface area (Å²) in [4.78, 5) is 12.1. The van der Waals surface area contributed by atoms with Crippen molar-refractivity contribution in [2.75, 3.05) is 11.9 Å². The van der Waals surface area contributed by atoms with Gasteiger partial charge in [0.2, 0.25) is 11.0 Å². The van der Waals surface area contributed by atoms with E-state index in [9.17, 15) is 4.79 Å². The predicted octanol–water partition coefficient (Wildman–Crippen LogP) is 4.49. The molecule has 0 unspecified atom stereocenters. The number of rotatable bonds is 8. The lowest BCUT2D eigenvalue weighted by molar-refractivity contribution is -0.115. The first kappa shape index (κ1) is 18.5. The van der Waals surface area contributed by atoms with E-state index >= 15 is 0 Å². The van der Waals surface area contributed by atoms with Crippen LogP contribution in [-0.2, 0) is 17.6 Å². The van der Waals surface area contributed by atoms with Gasteiger partial charge in [-0.15, -0.1) is 10.2 Å². The van der Waals surface area contributed by atoms with Crippen molar-refractivity contribution in [2.24, 2.45) is 0 Å². The van der Waals surface area contributed by atoms with Gasteiger partial charge in [0.1, 0.15) is 10.8 Å². The second kappa shape index (κ2) is 9.45. The quantitative estimate of drug-likeness (QED) is 0.533. The van der Waals surface area contributed by atoms with Crippen LogP contribution >= 0.6 is 27.3 Å². The topological polar surface area (TPSA) is 64.1 Å². The highest BCUT2D eigenvalue weighted by Gasteiger charge is 2.09. The Morgan fingerprint density at radius 2 is 1.85 bits per heavy atom. The van der Waals surface area contributed by atoms with Gasteiger partial charge >= 0.3 is 0 Å². The number of ether oxygens (including phenoxy) is 1. The molecule has 0 aliphatic carbocycles. The number of amides is 1. The molecule has 1 amide bonds. The molecule has 0 saturated heterocycles. The number of nitrogens with zero attached hydrogens (tertiary/aromatic N) is 2. The minimum Gasteiger partial charge on any atom is -0.494 e. The zero-order valence-corrected chi connectivity index (χ0v) is 16.4. The number of nitrogens with one attached hydrogen (secondary N) is 1. The first-order chi connectivity index (χ1) is 12.7. The van der Waals surface area contributed by atoms with Gasteiger partial charge in [0, 0.05) is 10.9 Å². The molecule has 0 saturated carbocycles. The molecule has 2 aromatic carbocycles. The summed E-state index contributed by atoms with van der Waals surface area (Å²) in [6.07, 6.45) is 1.93. The lowest BCUT2D eigenvalue weighted by Crippen LogP contribution is -2.14. The number of carbonyl (C=O) groups is 1. The fourth-order valence-electron chi connectivity index (χ4n) is 2.29. The maximum Gasteiger partial charge on any atom is 0.230 e. The third-order valence-corrected chi connectivity index (χ3v) is 4.97. The van der Waals surface area contributed by atoms with Gasteiger partial charge in [0.25, 0.3) is 0 Å². The third-order valence-electron chi connectivity index (χ3n) is 3.54. The molecule has 26 heavy (non-hydrogen) atoms. The van der Waals surface area contributed by atoms with E-state index in [-0.39, 0.29) is 5.91 Å². The van der Waals surface area contributed by atoms with Crippen LogP contribution in [0.3, 0.4) is 0 Å². The first-order valence-corrected chi connectivity index (χ1v) is 9.84. The Kier molecular flexibility index (Phi) is 6.74. The standard InChI is InChI=1S/C19H18BrN3O2S/c20-15-10-8-14(9-11-15)13-17(24)21-19-23-22-18(26-19)7-4-12-25-16-5-2-1-3-6-16/h1-3,5-6,8-11H,4,7,12-13H2,(H,21,23,24). The second-order valence-corrected chi connectivity index (χ2v) is 7.60. The Balaban J connectivity index is 1.41. The molecule has 1 N–H and O–H groups in total. The molecule has 0 aliphatic rings. The van der Waals surface area contributed by atoms with Crippen LogP contribution < -0.4 is 10.1 Å². The molecule has 0 fully saturated rings. The summed E-state index contributed by atoms with van der Waals surface area (Å²) in [6, 6.07) is 17.4. The smallest absolute Gasteiger partial charge is 0.230 e. The zero-order chi connectivity index (χ0) is 18.2. The summed E-state index contributed by atoms with van der Waals surface area (Å²) in [5.41, 5.74) is 0.952. The average molecular weight is 432 g/mol. The van der Waals surface area contributed by atoms with Crippen molar-refractivity contribution in [3.05, 3.63) is 69.6 Å². The molecule has 5 nitrogen and oxygen atoms in total. The third kappa shape index (κ3) is 5.93. The number of anilines is 1. The molecule has 7 heteroatoms. The molecule has 0 bridgehead atoms. The van der Waals surface area contributed by atoms with Crippen LogP contribution in [0, 0.1) is 0 Å². The van der Waals surface area contributed by atoms with E-state index in [1.54, 1.807) is 0 Å². The van der Waals surface area contributed by atoms with Crippen LogP contribution in [0.15, 0.2) is 59.1 Å². The maximum absolute atomic E-state index is 12.1. The van der Waals surface area contributed by atoms with Gasteiger partial charge in [-0.2, -0.15) is 0 Å². The first-order valence-electron chi connectivity index (χ1n) is 8.23. The molecule has 0 spiro atoms.